The van der Waals surface area contributed by atoms with Gasteiger partial charge in [0, 0.05) is 5.75 Å². The molecule has 0 unspecified atom stereocenters. The lowest BCUT2D eigenvalue weighted by Crippen LogP contribution is -2.48. The molecule has 3 amide bonds. The van der Waals surface area contributed by atoms with Crippen LogP contribution in [0.2, 0.25) is 0 Å². The zero-order valence-electron chi connectivity index (χ0n) is 15.9. The normalized spacial score (nSPS) is 15.0. The van der Waals surface area contributed by atoms with Crippen LogP contribution in [0.3, 0.4) is 0 Å². The summed E-state index contributed by atoms with van der Waals surface area (Å²) in [4.78, 5) is 50.9. The van der Waals surface area contributed by atoms with Crippen LogP contribution in [0.5, 0.6) is 0 Å². The Kier molecular flexibility index (Phi) is 6.38. The predicted octanol–water partition coefficient (Wildman–Crippen LogP) is 2.03. The molecule has 0 radical (unpaired) electrons. The van der Waals surface area contributed by atoms with Crippen molar-refractivity contribution in [2.45, 2.75) is 19.0 Å². The van der Waals surface area contributed by atoms with Gasteiger partial charge in [0.25, 0.3) is 17.7 Å². The van der Waals surface area contributed by atoms with Gasteiger partial charge in [0.05, 0.1) is 23.4 Å². The fourth-order valence-electron chi connectivity index (χ4n) is 3.02. The molecule has 2 heterocycles. The first-order valence-electron chi connectivity index (χ1n) is 8.89. The summed E-state index contributed by atoms with van der Waals surface area (Å²) < 4.78 is 10.3. The van der Waals surface area contributed by atoms with E-state index in [9.17, 15) is 19.2 Å². The lowest BCUT2D eigenvalue weighted by atomic mass is 10.1. The minimum Gasteiger partial charge on any atom is -0.467 e. The molecule has 8 nitrogen and oxygen atoms in total. The van der Waals surface area contributed by atoms with E-state index in [1.54, 1.807) is 49.6 Å². The number of rotatable bonds is 8. The number of nitrogens with zero attached hydrogens (tertiary/aromatic N) is 1. The minimum atomic E-state index is -1.12. The van der Waals surface area contributed by atoms with Crippen LogP contribution < -0.4 is 5.32 Å². The predicted molar refractivity (Wildman–Crippen MR) is 105 cm³/mol. The maximum Gasteiger partial charge on any atom is 0.330 e. The SMILES string of the molecule is CSC[C@H](C(=O)OCC(=O)N[C@H](C)c1ccco1)N1C(=O)c2ccccc2C1=O. The average Bonchev–Trinajstić information content (AvgIpc) is 3.33. The molecule has 2 atom stereocenters. The first kappa shape index (κ1) is 20.7. The highest BCUT2D eigenvalue weighted by Gasteiger charge is 2.43. The number of fused-ring (bicyclic) bond motifs is 1. The molecular weight excluding hydrogens is 396 g/mol. The number of hydrogen-bond acceptors (Lipinski definition) is 7. The Balaban J connectivity index is 1.64. The van der Waals surface area contributed by atoms with Crippen molar-refractivity contribution in [1.82, 2.24) is 10.2 Å². The number of nitrogens with one attached hydrogen (secondary N) is 1. The smallest absolute Gasteiger partial charge is 0.330 e. The molecule has 0 saturated heterocycles. The van der Waals surface area contributed by atoms with E-state index in [4.69, 9.17) is 9.15 Å². The topological polar surface area (TPSA) is 106 Å². The third-order valence-electron chi connectivity index (χ3n) is 4.43. The van der Waals surface area contributed by atoms with Crippen molar-refractivity contribution in [2.75, 3.05) is 18.6 Å². The Morgan fingerprint density at radius 3 is 2.34 bits per heavy atom. The molecule has 9 heteroatoms. The molecule has 1 aliphatic rings. The van der Waals surface area contributed by atoms with Crippen LogP contribution in [0.25, 0.3) is 0 Å². The Bertz CT molecular complexity index is 892. The molecule has 152 valence electrons. The number of hydrogen-bond donors (Lipinski definition) is 1. The van der Waals surface area contributed by atoms with Crippen LogP contribution in [0.15, 0.2) is 47.1 Å². The van der Waals surface area contributed by atoms with Crippen LogP contribution >= 0.6 is 11.8 Å². The van der Waals surface area contributed by atoms with E-state index >= 15 is 0 Å². The van der Waals surface area contributed by atoms with Crippen LogP contribution in [0, 0.1) is 0 Å². The molecule has 0 bridgehead atoms. The summed E-state index contributed by atoms with van der Waals surface area (Å²) in [6, 6.07) is 8.30. The van der Waals surface area contributed by atoms with E-state index in [0.717, 1.165) is 4.90 Å². The van der Waals surface area contributed by atoms with E-state index < -0.39 is 42.4 Å². The number of carbonyl (C=O) groups excluding carboxylic acids is 4. The summed E-state index contributed by atoms with van der Waals surface area (Å²) in [6.45, 7) is 1.20. The largest absolute Gasteiger partial charge is 0.467 e. The van der Waals surface area contributed by atoms with Gasteiger partial charge in [0.2, 0.25) is 0 Å². The summed E-state index contributed by atoms with van der Waals surface area (Å²) in [5.41, 5.74) is 0.503. The number of ether oxygens (including phenoxy) is 1. The summed E-state index contributed by atoms with van der Waals surface area (Å²) in [5.74, 6) is -1.69. The quantitative estimate of drug-likeness (QED) is 0.518. The highest BCUT2D eigenvalue weighted by Crippen LogP contribution is 2.26. The van der Waals surface area contributed by atoms with Crippen LogP contribution in [-0.2, 0) is 14.3 Å². The molecule has 1 N–H and O–H groups in total. The first-order chi connectivity index (χ1) is 13.9. The number of carbonyl (C=O) groups is 4. The highest BCUT2D eigenvalue weighted by molar-refractivity contribution is 7.98. The van der Waals surface area contributed by atoms with Gasteiger partial charge in [-0.3, -0.25) is 19.3 Å². The van der Waals surface area contributed by atoms with Crippen LogP contribution in [0.1, 0.15) is 39.4 Å². The molecule has 1 aromatic carbocycles. The van der Waals surface area contributed by atoms with Gasteiger partial charge in [-0.05, 0) is 37.4 Å². The van der Waals surface area contributed by atoms with E-state index in [0.29, 0.717) is 5.76 Å². The lowest BCUT2D eigenvalue weighted by molar-refractivity contribution is -0.151. The van der Waals surface area contributed by atoms with Crippen molar-refractivity contribution in [3.8, 4) is 0 Å². The molecule has 29 heavy (non-hydrogen) atoms. The molecular formula is C20H20N2O6S. The first-order valence-corrected chi connectivity index (χ1v) is 10.3. The van der Waals surface area contributed by atoms with Crippen molar-refractivity contribution in [2.24, 2.45) is 0 Å². The highest BCUT2D eigenvalue weighted by atomic mass is 32.2. The average molecular weight is 416 g/mol. The van der Waals surface area contributed by atoms with E-state index in [1.165, 1.54) is 18.0 Å². The molecule has 0 aliphatic carbocycles. The van der Waals surface area contributed by atoms with Gasteiger partial charge in [0.1, 0.15) is 11.8 Å². The van der Waals surface area contributed by atoms with E-state index in [1.807, 2.05) is 0 Å². The molecule has 1 aliphatic heterocycles. The molecule has 0 fully saturated rings. The van der Waals surface area contributed by atoms with Gasteiger partial charge in [-0.1, -0.05) is 12.1 Å². The van der Waals surface area contributed by atoms with Gasteiger partial charge in [-0.15, -0.1) is 0 Å². The van der Waals surface area contributed by atoms with Crippen LogP contribution in [-0.4, -0.2) is 53.2 Å². The molecule has 1 aromatic heterocycles. The van der Waals surface area contributed by atoms with Crippen molar-refractivity contribution in [3.63, 3.8) is 0 Å². The van der Waals surface area contributed by atoms with Crippen LogP contribution in [0.4, 0.5) is 0 Å². The second kappa shape index (κ2) is 8.95. The third-order valence-corrected chi connectivity index (χ3v) is 5.08. The lowest BCUT2D eigenvalue weighted by Gasteiger charge is -2.24. The van der Waals surface area contributed by atoms with E-state index in [-0.39, 0.29) is 16.9 Å². The second-order valence-corrected chi connectivity index (χ2v) is 7.32. The number of furan rings is 1. The number of benzene rings is 1. The fraction of sp³-hybridized carbons (Fsp3) is 0.300. The van der Waals surface area contributed by atoms with Crippen molar-refractivity contribution >= 4 is 35.5 Å². The maximum atomic E-state index is 12.6. The molecule has 3 rings (SSSR count). The Hall–Kier alpha value is -3.07. The summed E-state index contributed by atoms with van der Waals surface area (Å²) in [6.07, 6.45) is 3.24. The Morgan fingerprint density at radius 1 is 1.14 bits per heavy atom. The zero-order valence-corrected chi connectivity index (χ0v) is 16.7. The van der Waals surface area contributed by atoms with E-state index in [2.05, 4.69) is 5.32 Å². The summed E-state index contributed by atoms with van der Waals surface area (Å²) in [7, 11) is 0. The second-order valence-electron chi connectivity index (χ2n) is 6.41. The van der Waals surface area contributed by atoms with Crippen molar-refractivity contribution < 1.29 is 28.3 Å². The number of amides is 3. The van der Waals surface area contributed by atoms with Crippen molar-refractivity contribution in [1.29, 1.82) is 0 Å². The molecule has 0 saturated carbocycles. The van der Waals surface area contributed by atoms with Gasteiger partial charge in [-0.25, -0.2) is 4.79 Å². The minimum absolute atomic E-state index is 0.161. The summed E-state index contributed by atoms with van der Waals surface area (Å²) in [5, 5.41) is 2.65. The van der Waals surface area contributed by atoms with Gasteiger partial charge in [0.15, 0.2) is 6.61 Å². The van der Waals surface area contributed by atoms with Gasteiger partial charge < -0.3 is 14.5 Å². The Labute approximate surface area is 171 Å². The number of esters is 1. The number of imide groups is 1. The maximum absolute atomic E-state index is 12.6. The molecule has 0 spiro atoms. The fourth-order valence-corrected chi connectivity index (χ4v) is 3.62. The summed E-state index contributed by atoms with van der Waals surface area (Å²) >= 11 is 1.29. The zero-order chi connectivity index (χ0) is 21.0. The van der Waals surface area contributed by atoms with Gasteiger partial charge in [-0.2, -0.15) is 11.8 Å². The standard InChI is InChI=1S/C20H20N2O6S/c1-12(16-8-5-9-27-16)21-17(23)10-28-20(26)15(11-29-2)22-18(24)13-6-3-4-7-14(13)19(22)25/h3-9,12,15H,10-11H2,1-2H3,(H,21,23)/t12-,15-/m1/s1. The van der Waals surface area contributed by atoms with Crippen molar-refractivity contribution in [3.05, 3.63) is 59.5 Å². The third kappa shape index (κ3) is 4.34. The Morgan fingerprint density at radius 2 is 1.79 bits per heavy atom. The monoisotopic (exact) mass is 416 g/mol. The van der Waals surface area contributed by atoms with Gasteiger partial charge >= 0.3 is 5.97 Å². The number of thioether (sulfide) groups is 1. The molecule has 2 aromatic rings.